The molecular formula is C50H77N7O15. The van der Waals surface area contributed by atoms with Gasteiger partial charge in [-0.1, -0.05) is 84.4 Å². The second-order valence-corrected chi connectivity index (χ2v) is 18.8. The number of aliphatic hydroxyl groups is 1. The van der Waals surface area contributed by atoms with Crippen LogP contribution in [0.1, 0.15) is 100 Å². The number of amides is 7. The summed E-state index contributed by atoms with van der Waals surface area (Å²) in [6.07, 6.45) is -5.58. The average Bonchev–Trinajstić information content (AvgIpc) is 3.33. The highest BCUT2D eigenvalue weighted by molar-refractivity contribution is 6.01. The van der Waals surface area contributed by atoms with E-state index in [1.165, 1.54) is 55.9 Å². The molecule has 0 spiro atoms. The Bertz CT molecular complexity index is 2100. The van der Waals surface area contributed by atoms with Gasteiger partial charge in [0.15, 0.2) is 24.2 Å². The third kappa shape index (κ3) is 17.1. The Balaban J connectivity index is 2.88. The predicted octanol–water partition coefficient (Wildman–Crippen LogP) is 0.911. The second kappa shape index (κ2) is 28.6. The molecule has 22 heteroatoms. The van der Waals surface area contributed by atoms with Crippen molar-refractivity contribution in [3.8, 4) is 0 Å². The molecule has 1 saturated heterocycles. The molecule has 1 aromatic carbocycles. The second-order valence-electron chi connectivity index (χ2n) is 18.8. The van der Waals surface area contributed by atoms with Crippen LogP contribution in [0.4, 0.5) is 0 Å². The third-order valence-electron chi connectivity index (χ3n) is 12.4. The van der Waals surface area contributed by atoms with E-state index in [0.717, 1.165) is 34.5 Å². The van der Waals surface area contributed by atoms with Crippen LogP contribution in [0, 0.1) is 11.8 Å². The lowest BCUT2D eigenvalue weighted by atomic mass is 9.95. The molecule has 1 heterocycles. The molecule has 11 atom stereocenters. The van der Waals surface area contributed by atoms with Crippen molar-refractivity contribution in [2.45, 2.75) is 168 Å². The summed E-state index contributed by atoms with van der Waals surface area (Å²) in [6, 6.07) is -1.30. The minimum Gasteiger partial charge on any atom is -0.458 e. The zero-order valence-electron chi connectivity index (χ0n) is 44.1. The van der Waals surface area contributed by atoms with Gasteiger partial charge in [-0.05, 0) is 51.5 Å². The normalized spacial score (nSPS) is 24.5. The Hall–Kier alpha value is -6.42. The Kier molecular flexibility index (Phi) is 24.5. The first-order chi connectivity index (χ1) is 33.6. The maximum Gasteiger partial charge on any atom is 0.333 e. The third-order valence-corrected chi connectivity index (χ3v) is 12.4. The van der Waals surface area contributed by atoms with Crippen molar-refractivity contribution in [1.82, 2.24) is 36.0 Å². The van der Waals surface area contributed by atoms with Crippen molar-refractivity contribution >= 4 is 59.3 Å². The van der Waals surface area contributed by atoms with Crippen LogP contribution in [0.3, 0.4) is 0 Å². The zero-order chi connectivity index (χ0) is 54.9. The quantitative estimate of drug-likeness (QED) is 0.0666. The molecule has 0 aromatic heterocycles. The van der Waals surface area contributed by atoms with E-state index in [1.807, 2.05) is 6.92 Å². The summed E-state index contributed by atoms with van der Waals surface area (Å²) in [5.74, 6) is -11.0. The van der Waals surface area contributed by atoms with Crippen molar-refractivity contribution in [1.29, 1.82) is 0 Å². The topological polar surface area (TPSA) is 286 Å². The fourth-order valence-corrected chi connectivity index (χ4v) is 7.60. The molecule has 2 rings (SSSR count). The van der Waals surface area contributed by atoms with Gasteiger partial charge in [0.25, 0.3) is 11.8 Å². The molecule has 0 unspecified atom stereocenters. The summed E-state index contributed by atoms with van der Waals surface area (Å²) < 4.78 is 23.1. The molecule has 7 amide bonds. The van der Waals surface area contributed by atoms with Crippen LogP contribution < -0.4 is 21.3 Å². The fraction of sp³-hybridized carbons (Fsp3) is 0.640. The van der Waals surface area contributed by atoms with Gasteiger partial charge >= 0.3 is 17.9 Å². The summed E-state index contributed by atoms with van der Waals surface area (Å²) in [6.45, 7) is 18.4. The Morgan fingerprint density at radius 2 is 1.44 bits per heavy atom. The summed E-state index contributed by atoms with van der Waals surface area (Å²) in [5.41, 5.74) is 0.0567. The molecule has 1 fully saturated rings. The first-order valence-corrected chi connectivity index (χ1v) is 24.1. The van der Waals surface area contributed by atoms with Crippen molar-refractivity contribution in [2.75, 3.05) is 28.3 Å². The van der Waals surface area contributed by atoms with Gasteiger partial charge in [0.05, 0.1) is 12.2 Å². The van der Waals surface area contributed by atoms with Crippen LogP contribution in [-0.4, -0.2) is 174 Å². The number of esters is 3. The minimum absolute atomic E-state index is 0.0468. The maximum atomic E-state index is 15.1. The Morgan fingerprint density at radius 3 is 1.99 bits per heavy atom. The molecule has 0 aliphatic carbocycles. The van der Waals surface area contributed by atoms with Gasteiger partial charge in [0.2, 0.25) is 29.5 Å². The van der Waals surface area contributed by atoms with Gasteiger partial charge in [-0.25, -0.2) is 14.4 Å². The first kappa shape index (κ1) is 61.7. The van der Waals surface area contributed by atoms with Crippen LogP contribution in [0.5, 0.6) is 0 Å². The van der Waals surface area contributed by atoms with E-state index in [4.69, 9.17) is 18.9 Å². The van der Waals surface area contributed by atoms with E-state index >= 15 is 4.79 Å². The summed E-state index contributed by atoms with van der Waals surface area (Å²) in [4.78, 5) is 142. The van der Waals surface area contributed by atoms with Crippen molar-refractivity contribution in [2.24, 2.45) is 11.8 Å². The molecule has 402 valence electrons. The number of methoxy groups -OCH3 is 1. The number of nitrogens with zero attached hydrogens (tertiary/aromatic N) is 3. The first-order valence-electron chi connectivity index (χ1n) is 24.1. The predicted molar refractivity (Wildman–Crippen MR) is 262 cm³/mol. The van der Waals surface area contributed by atoms with E-state index in [9.17, 15) is 48.3 Å². The number of hydrogen-bond acceptors (Lipinski definition) is 15. The Morgan fingerprint density at radius 1 is 0.833 bits per heavy atom. The van der Waals surface area contributed by atoms with E-state index in [-0.39, 0.29) is 12.8 Å². The number of ether oxygens (including phenoxy) is 4. The molecule has 5 N–H and O–H groups in total. The number of rotatable bonds is 16. The van der Waals surface area contributed by atoms with Gasteiger partial charge in [-0.3, -0.25) is 33.6 Å². The molecule has 1 aliphatic heterocycles. The van der Waals surface area contributed by atoms with Crippen LogP contribution >= 0.6 is 0 Å². The van der Waals surface area contributed by atoms with E-state index < -0.39 is 144 Å². The van der Waals surface area contributed by atoms with Crippen LogP contribution in [0.15, 0.2) is 42.6 Å². The van der Waals surface area contributed by atoms with Crippen LogP contribution in [0.2, 0.25) is 0 Å². The maximum absolute atomic E-state index is 15.1. The number of benzene rings is 1. The van der Waals surface area contributed by atoms with Gasteiger partial charge in [0, 0.05) is 48.0 Å². The van der Waals surface area contributed by atoms with Crippen LogP contribution in [-0.2, 0) is 73.3 Å². The van der Waals surface area contributed by atoms with Crippen molar-refractivity contribution < 1.29 is 72.0 Å². The van der Waals surface area contributed by atoms with Gasteiger partial charge in [-0.2, -0.15) is 0 Å². The van der Waals surface area contributed by atoms with Gasteiger partial charge in [-0.15, -0.1) is 0 Å². The largest absolute Gasteiger partial charge is 0.458 e. The smallest absolute Gasteiger partial charge is 0.333 e. The van der Waals surface area contributed by atoms with Crippen LogP contribution in [0.25, 0.3) is 0 Å². The molecule has 0 bridgehead atoms. The molecule has 22 nitrogen and oxygen atoms in total. The SMILES string of the molecule is C=C1C(=O)N[C@@H](C)C(=O)N(C)[C@@H](C)C(=O)N[C@@H]([C@H](OC(=O)[C@@H](NC(=O)CCCCC)[C@H](O)C(C)C)C(C)C)C(=O)N(C)[C@@H]([C@@H](C)OC)C(=O)O[C@H](C)[C@H](NC(C)=O)C(=O)O[C@H](Cc2ccccc2)C(=O)N1C. The number of likely N-dealkylation sites (N-methyl/N-ethyl adjacent to an activating group) is 3. The molecule has 1 aromatic rings. The highest BCUT2D eigenvalue weighted by Gasteiger charge is 2.46. The number of nitrogens with one attached hydrogen (secondary N) is 4. The molecule has 0 saturated carbocycles. The van der Waals surface area contributed by atoms with Gasteiger partial charge < -0.3 is 60.0 Å². The molecule has 0 radical (unpaired) electrons. The average molecular weight is 1020 g/mol. The lowest BCUT2D eigenvalue weighted by Gasteiger charge is -2.38. The number of hydrogen-bond donors (Lipinski definition) is 5. The summed E-state index contributed by atoms with van der Waals surface area (Å²) >= 11 is 0. The number of carbonyl (C=O) groups is 10. The monoisotopic (exact) mass is 1020 g/mol. The molecule has 1 aliphatic rings. The van der Waals surface area contributed by atoms with E-state index in [1.54, 1.807) is 58.0 Å². The lowest BCUT2D eigenvalue weighted by Crippen LogP contribution is -2.63. The van der Waals surface area contributed by atoms with Gasteiger partial charge in [0.1, 0.15) is 36.0 Å². The fourth-order valence-electron chi connectivity index (χ4n) is 7.60. The number of cyclic esters (lactones) is 2. The highest BCUT2D eigenvalue weighted by atomic mass is 16.6. The van der Waals surface area contributed by atoms with Crippen molar-refractivity contribution in [3.63, 3.8) is 0 Å². The Labute approximate surface area is 422 Å². The number of unbranched alkanes of at least 4 members (excludes halogenated alkanes) is 2. The molecule has 72 heavy (non-hydrogen) atoms. The number of carbonyl (C=O) groups excluding carboxylic acids is 10. The standard InChI is InChI=1S/C50H77N7O15/c1-16-17-19-24-36(59)53-38(41(60)26(2)3)49(67)72-42(27(4)5)39-47(65)57(14)40(32(10)69-15)50(68)70-31(9)37(52-33(11)58)48(66)71-35(25-34-22-20-18-21-23-34)46(64)56(13)29(7)43(61)51-28(6)45(63)55(12)30(8)44(62)54-39/h18,20-23,26-28,30-32,35,37-42,60H,7,16-17,19,24-25H2,1-6,8-15H3,(H,51,61)(H,52,58)(H,53,59)(H,54,62)/t28-,30-,31+,32+,35+,37-,38-,39-,40-,41+,42+/m0/s1. The van der Waals surface area contributed by atoms with E-state index in [0.29, 0.717) is 12.0 Å². The van der Waals surface area contributed by atoms with E-state index in [2.05, 4.69) is 27.8 Å². The zero-order valence-corrected chi connectivity index (χ0v) is 44.1. The lowest BCUT2D eigenvalue weighted by molar-refractivity contribution is -0.174. The molecular weight excluding hydrogens is 939 g/mol. The number of aliphatic hydroxyl groups excluding tert-OH is 1. The minimum atomic E-state index is -1.86. The van der Waals surface area contributed by atoms with Crippen molar-refractivity contribution in [3.05, 3.63) is 48.2 Å². The highest BCUT2D eigenvalue weighted by Crippen LogP contribution is 2.22. The summed E-state index contributed by atoms with van der Waals surface area (Å²) in [7, 11) is 4.87. The summed E-state index contributed by atoms with van der Waals surface area (Å²) in [5, 5.41) is 21.2.